The Morgan fingerprint density at radius 2 is 1.96 bits per heavy atom. The average Bonchev–Trinajstić information content (AvgIpc) is 2.59. The zero-order valence-corrected chi connectivity index (χ0v) is 15.2. The molecule has 1 aliphatic heterocycles. The van der Waals surface area contributed by atoms with Gasteiger partial charge in [0.25, 0.3) is 5.56 Å². The first-order valence-electron chi connectivity index (χ1n) is 8.91. The lowest BCUT2D eigenvalue weighted by molar-refractivity contribution is -0.135. The Labute approximate surface area is 148 Å². The highest BCUT2D eigenvalue weighted by Gasteiger charge is 2.23. The molecule has 0 N–H and O–H groups in total. The van der Waals surface area contributed by atoms with Gasteiger partial charge in [-0.3, -0.25) is 9.59 Å². The number of benzene rings is 1. The minimum atomic E-state index is -0.245. The molecule has 3 rings (SSSR count). The van der Waals surface area contributed by atoms with E-state index >= 15 is 0 Å². The van der Waals surface area contributed by atoms with Crippen LogP contribution in [0.1, 0.15) is 37.3 Å². The normalized spacial score (nSPS) is 17.6. The summed E-state index contributed by atoms with van der Waals surface area (Å²) in [7, 11) is 0. The average molecular weight is 339 g/mol. The molecule has 2 heterocycles. The van der Waals surface area contributed by atoms with Crippen LogP contribution in [0.25, 0.3) is 11.3 Å². The molecule has 0 aliphatic carbocycles. The van der Waals surface area contributed by atoms with Crippen molar-refractivity contribution in [3.63, 3.8) is 0 Å². The van der Waals surface area contributed by atoms with Gasteiger partial charge in [-0.15, -0.1) is 0 Å². The number of piperidine rings is 1. The number of hydrogen-bond acceptors (Lipinski definition) is 3. The molecule has 0 unspecified atom stereocenters. The molecular weight excluding hydrogens is 314 g/mol. The molecule has 1 saturated heterocycles. The van der Waals surface area contributed by atoms with Crippen LogP contribution in [0, 0.1) is 13.8 Å². The molecule has 1 fully saturated rings. The van der Waals surface area contributed by atoms with E-state index in [0.717, 1.165) is 31.4 Å². The second-order valence-corrected chi connectivity index (χ2v) is 6.95. The molecule has 0 radical (unpaired) electrons. The van der Waals surface area contributed by atoms with Crippen LogP contribution in [0.15, 0.2) is 35.1 Å². The lowest BCUT2D eigenvalue weighted by Crippen LogP contribution is -2.45. The third-order valence-corrected chi connectivity index (χ3v) is 5.08. The molecule has 1 atom stereocenters. The van der Waals surface area contributed by atoms with Crippen molar-refractivity contribution in [2.45, 2.75) is 52.6 Å². The zero-order chi connectivity index (χ0) is 18.0. The summed E-state index contributed by atoms with van der Waals surface area (Å²) < 4.78 is 1.29. The highest BCUT2D eigenvalue weighted by Crippen LogP contribution is 2.20. The molecule has 1 aromatic carbocycles. The maximum absolute atomic E-state index is 12.6. The summed E-state index contributed by atoms with van der Waals surface area (Å²) in [5, 5.41) is 4.43. The maximum atomic E-state index is 12.6. The number of amides is 1. The lowest BCUT2D eigenvalue weighted by Gasteiger charge is -2.33. The van der Waals surface area contributed by atoms with Gasteiger partial charge in [-0.05, 0) is 63.3 Å². The van der Waals surface area contributed by atoms with Crippen molar-refractivity contribution in [2.75, 3.05) is 6.54 Å². The van der Waals surface area contributed by atoms with Gasteiger partial charge >= 0.3 is 0 Å². The molecule has 0 spiro atoms. The van der Waals surface area contributed by atoms with E-state index in [1.54, 1.807) is 6.07 Å². The van der Waals surface area contributed by atoms with Crippen LogP contribution < -0.4 is 5.56 Å². The minimum absolute atomic E-state index is 0.00184. The smallest absolute Gasteiger partial charge is 0.267 e. The number of rotatable bonds is 3. The number of likely N-dealkylation sites (tertiary alicyclic amines) is 1. The number of aromatic nitrogens is 2. The highest BCUT2D eigenvalue weighted by atomic mass is 16.2. The number of hydrogen-bond donors (Lipinski definition) is 0. The van der Waals surface area contributed by atoms with Gasteiger partial charge in [-0.2, -0.15) is 5.10 Å². The topological polar surface area (TPSA) is 55.2 Å². The van der Waals surface area contributed by atoms with Crippen LogP contribution in [-0.4, -0.2) is 33.2 Å². The van der Waals surface area contributed by atoms with Gasteiger partial charge in [0.15, 0.2) is 0 Å². The Balaban J connectivity index is 1.85. The monoisotopic (exact) mass is 339 g/mol. The largest absolute Gasteiger partial charge is 0.338 e. The van der Waals surface area contributed by atoms with E-state index < -0.39 is 0 Å². The fraction of sp³-hybridized carbons (Fsp3) is 0.450. The molecule has 5 nitrogen and oxygen atoms in total. The van der Waals surface area contributed by atoms with Crippen molar-refractivity contribution in [3.05, 3.63) is 51.8 Å². The molecule has 132 valence electrons. The van der Waals surface area contributed by atoms with E-state index in [1.807, 2.05) is 17.0 Å². The van der Waals surface area contributed by atoms with Gasteiger partial charge in [0.1, 0.15) is 6.54 Å². The summed E-state index contributed by atoms with van der Waals surface area (Å²) in [6.07, 6.45) is 3.21. The molecule has 0 bridgehead atoms. The van der Waals surface area contributed by atoms with E-state index in [0.29, 0.717) is 5.69 Å². The molecule has 5 heteroatoms. The predicted octanol–water partition coefficient (Wildman–Crippen LogP) is 2.93. The summed E-state index contributed by atoms with van der Waals surface area (Å²) in [5.41, 5.74) is 3.81. The fourth-order valence-electron chi connectivity index (χ4n) is 3.30. The standard InChI is InChI=1S/C20H25N3O2/c1-14-7-8-17(12-15(14)2)18-9-10-19(24)23(21-18)13-20(25)22-11-5-4-6-16(22)3/h7-10,12,16H,4-6,11,13H2,1-3H3/t16-/m1/s1. The number of carbonyl (C=O) groups excluding carboxylic acids is 1. The summed E-state index contributed by atoms with van der Waals surface area (Å²) in [4.78, 5) is 26.6. The first-order chi connectivity index (χ1) is 12.0. The molecule has 25 heavy (non-hydrogen) atoms. The van der Waals surface area contributed by atoms with Crippen molar-refractivity contribution in [1.82, 2.24) is 14.7 Å². The van der Waals surface area contributed by atoms with Crippen LogP contribution in [0.2, 0.25) is 0 Å². The molecule has 0 saturated carbocycles. The Kier molecular flexibility index (Phi) is 5.02. The molecule has 1 aliphatic rings. The Bertz CT molecular complexity index is 841. The van der Waals surface area contributed by atoms with Crippen LogP contribution in [0.3, 0.4) is 0 Å². The van der Waals surface area contributed by atoms with Crippen molar-refractivity contribution in [2.24, 2.45) is 0 Å². The van der Waals surface area contributed by atoms with E-state index in [1.165, 1.54) is 21.9 Å². The van der Waals surface area contributed by atoms with Crippen LogP contribution in [0.5, 0.6) is 0 Å². The van der Waals surface area contributed by atoms with E-state index in [2.05, 4.69) is 31.9 Å². The molecule has 1 amide bonds. The fourth-order valence-corrected chi connectivity index (χ4v) is 3.30. The van der Waals surface area contributed by atoms with Gasteiger partial charge in [-0.25, -0.2) is 4.68 Å². The summed E-state index contributed by atoms with van der Waals surface area (Å²) in [6, 6.07) is 9.54. The first-order valence-corrected chi connectivity index (χ1v) is 8.91. The van der Waals surface area contributed by atoms with Crippen LogP contribution in [0.4, 0.5) is 0 Å². The van der Waals surface area contributed by atoms with Gasteiger partial charge < -0.3 is 4.90 Å². The first kappa shape index (κ1) is 17.4. The van der Waals surface area contributed by atoms with Gasteiger partial charge in [0.05, 0.1) is 5.69 Å². The highest BCUT2D eigenvalue weighted by molar-refractivity contribution is 5.76. The van der Waals surface area contributed by atoms with Crippen molar-refractivity contribution < 1.29 is 4.79 Å². The third-order valence-electron chi connectivity index (χ3n) is 5.08. The van der Waals surface area contributed by atoms with Gasteiger partial charge in [0, 0.05) is 24.2 Å². The van der Waals surface area contributed by atoms with E-state index in [9.17, 15) is 9.59 Å². The Hall–Kier alpha value is -2.43. The third kappa shape index (κ3) is 3.81. The maximum Gasteiger partial charge on any atom is 0.267 e. The molecule has 1 aromatic heterocycles. The zero-order valence-electron chi connectivity index (χ0n) is 15.2. The minimum Gasteiger partial charge on any atom is -0.338 e. The number of nitrogens with zero attached hydrogens (tertiary/aromatic N) is 3. The van der Waals surface area contributed by atoms with Crippen molar-refractivity contribution in [3.8, 4) is 11.3 Å². The number of aryl methyl sites for hydroxylation is 2. The molecular formula is C20H25N3O2. The van der Waals surface area contributed by atoms with Crippen LogP contribution >= 0.6 is 0 Å². The quantitative estimate of drug-likeness (QED) is 0.864. The van der Waals surface area contributed by atoms with Crippen LogP contribution in [-0.2, 0) is 11.3 Å². The second-order valence-electron chi connectivity index (χ2n) is 6.95. The van der Waals surface area contributed by atoms with Crippen molar-refractivity contribution >= 4 is 5.91 Å². The SMILES string of the molecule is Cc1ccc(-c2ccc(=O)n(CC(=O)N3CCCC[C@H]3C)n2)cc1C. The number of carbonyl (C=O) groups is 1. The van der Waals surface area contributed by atoms with Gasteiger partial charge in [0.2, 0.25) is 5.91 Å². The summed E-state index contributed by atoms with van der Waals surface area (Å²) in [6.45, 7) is 6.95. The Morgan fingerprint density at radius 3 is 2.68 bits per heavy atom. The predicted molar refractivity (Wildman–Crippen MR) is 98.4 cm³/mol. The van der Waals surface area contributed by atoms with Crippen molar-refractivity contribution in [1.29, 1.82) is 0 Å². The summed E-state index contributed by atoms with van der Waals surface area (Å²) in [5.74, 6) is -0.0287. The summed E-state index contributed by atoms with van der Waals surface area (Å²) >= 11 is 0. The Morgan fingerprint density at radius 1 is 1.16 bits per heavy atom. The van der Waals surface area contributed by atoms with E-state index in [-0.39, 0.29) is 24.1 Å². The molecule has 2 aromatic rings. The second kappa shape index (κ2) is 7.21. The van der Waals surface area contributed by atoms with Gasteiger partial charge in [-0.1, -0.05) is 12.1 Å². The lowest BCUT2D eigenvalue weighted by atomic mass is 10.0. The van der Waals surface area contributed by atoms with E-state index in [4.69, 9.17) is 0 Å².